The number of aromatic nitrogens is 1. The first-order valence-electron chi connectivity index (χ1n) is 6.41. The molecule has 1 aromatic rings. The molecule has 7 heteroatoms. The minimum Gasteiger partial charge on any atom is -0.377 e. The Bertz CT molecular complexity index is 409. The Morgan fingerprint density at radius 2 is 2.20 bits per heavy atom. The second-order valence-corrected chi connectivity index (χ2v) is 5.03. The van der Waals surface area contributed by atoms with E-state index in [1.54, 1.807) is 25.1 Å². The van der Waals surface area contributed by atoms with Crippen molar-refractivity contribution in [3.05, 3.63) is 17.5 Å². The van der Waals surface area contributed by atoms with Crippen LogP contribution in [0.25, 0.3) is 0 Å². The molecule has 0 aliphatic heterocycles. The normalized spacial score (nSPS) is 12.1. The third-order valence-corrected chi connectivity index (χ3v) is 3.07. The summed E-state index contributed by atoms with van der Waals surface area (Å²) in [5.74, 6) is 0.782. The molecule has 1 rings (SSSR count). The monoisotopic (exact) mass is 305 g/mol. The van der Waals surface area contributed by atoms with Crippen LogP contribution in [0, 0.1) is 5.92 Å². The first-order valence-corrected chi connectivity index (χ1v) is 6.41. The Labute approximate surface area is 126 Å². The molecule has 1 unspecified atom stereocenters. The van der Waals surface area contributed by atoms with Gasteiger partial charge in [-0.15, -0.1) is 12.4 Å². The highest BCUT2D eigenvalue weighted by molar-refractivity contribution is 5.92. The first kappa shape index (κ1) is 18.9. The molecular weight excluding hydrogens is 282 g/mol. The molecule has 1 atom stereocenters. The van der Waals surface area contributed by atoms with Gasteiger partial charge in [-0.1, -0.05) is 19.0 Å². The summed E-state index contributed by atoms with van der Waals surface area (Å²) in [7, 11) is 3.30. The van der Waals surface area contributed by atoms with Gasteiger partial charge in [0.2, 0.25) is 0 Å². The summed E-state index contributed by atoms with van der Waals surface area (Å²) >= 11 is 0. The van der Waals surface area contributed by atoms with Gasteiger partial charge in [0.25, 0.3) is 5.91 Å². The molecule has 0 saturated heterocycles. The molecule has 0 radical (unpaired) electrons. The zero-order chi connectivity index (χ0) is 14.4. The Kier molecular flexibility index (Phi) is 8.45. The highest BCUT2D eigenvalue weighted by atomic mass is 35.5. The number of nitrogens with zero attached hydrogens (tertiary/aromatic N) is 2. The van der Waals surface area contributed by atoms with Gasteiger partial charge in [0.05, 0.1) is 0 Å². The molecule has 0 saturated carbocycles. The summed E-state index contributed by atoms with van der Waals surface area (Å²) in [6.07, 6.45) is 0.767. The van der Waals surface area contributed by atoms with Crippen LogP contribution >= 0.6 is 12.4 Å². The lowest BCUT2D eigenvalue weighted by Gasteiger charge is -2.20. The van der Waals surface area contributed by atoms with Gasteiger partial charge < -0.3 is 19.9 Å². The van der Waals surface area contributed by atoms with Crippen LogP contribution in [0.2, 0.25) is 0 Å². The highest BCUT2D eigenvalue weighted by Gasteiger charge is 2.18. The maximum atomic E-state index is 12.1. The highest BCUT2D eigenvalue weighted by Crippen LogP contribution is 2.09. The average Bonchev–Trinajstić information content (AvgIpc) is 2.83. The molecule has 0 spiro atoms. The smallest absolute Gasteiger partial charge is 0.275 e. The number of hydrogen-bond donors (Lipinski definition) is 1. The number of ether oxygens (including phenoxy) is 1. The summed E-state index contributed by atoms with van der Waals surface area (Å²) in [6.45, 7) is 5.05. The van der Waals surface area contributed by atoms with Crippen LogP contribution in [-0.4, -0.2) is 42.7 Å². The molecule has 20 heavy (non-hydrogen) atoms. The largest absolute Gasteiger partial charge is 0.377 e. The van der Waals surface area contributed by atoms with Gasteiger partial charge in [0.15, 0.2) is 11.5 Å². The van der Waals surface area contributed by atoms with Crippen LogP contribution in [0.3, 0.4) is 0 Å². The maximum absolute atomic E-state index is 12.1. The van der Waals surface area contributed by atoms with Crippen molar-refractivity contribution in [1.82, 2.24) is 10.1 Å². The lowest BCUT2D eigenvalue weighted by Crippen LogP contribution is -2.34. The third kappa shape index (κ3) is 5.48. The van der Waals surface area contributed by atoms with Gasteiger partial charge in [0.1, 0.15) is 6.61 Å². The molecule has 0 fully saturated rings. The molecule has 1 amide bonds. The number of methoxy groups -OCH3 is 1. The van der Waals surface area contributed by atoms with E-state index in [2.05, 4.69) is 19.0 Å². The number of hydrogen-bond acceptors (Lipinski definition) is 5. The van der Waals surface area contributed by atoms with E-state index in [-0.39, 0.29) is 24.4 Å². The molecular formula is C13H24ClN3O3. The maximum Gasteiger partial charge on any atom is 0.275 e. The predicted molar refractivity (Wildman–Crippen MR) is 78.9 cm³/mol. The topological polar surface area (TPSA) is 81.6 Å². The SMILES string of the molecule is COCc1cc(C(=O)N(C)CCC(N)C(C)C)no1.Cl. The van der Waals surface area contributed by atoms with Gasteiger partial charge >= 0.3 is 0 Å². The van der Waals surface area contributed by atoms with Crippen molar-refractivity contribution in [3.8, 4) is 0 Å². The molecule has 2 N–H and O–H groups in total. The molecule has 0 aromatic carbocycles. The predicted octanol–water partition coefficient (Wildman–Crippen LogP) is 1.69. The number of amides is 1. The van der Waals surface area contributed by atoms with Gasteiger partial charge in [-0.05, 0) is 12.3 Å². The van der Waals surface area contributed by atoms with E-state index in [4.69, 9.17) is 15.0 Å². The first-order chi connectivity index (χ1) is 8.95. The summed E-state index contributed by atoms with van der Waals surface area (Å²) in [5.41, 5.74) is 6.26. The van der Waals surface area contributed by atoms with Crippen LogP contribution in [0.15, 0.2) is 10.6 Å². The molecule has 0 aliphatic carbocycles. The lowest BCUT2D eigenvalue weighted by molar-refractivity contribution is 0.0778. The van der Waals surface area contributed by atoms with Crippen LogP contribution in [-0.2, 0) is 11.3 Å². The third-order valence-electron chi connectivity index (χ3n) is 3.07. The van der Waals surface area contributed by atoms with E-state index >= 15 is 0 Å². The zero-order valence-electron chi connectivity index (χ0n) is 12.5. The molecule has 0 bridgehead atoms. The van der Waals surface area contributed by atoms with Gasteiger partial charge in [-0.2, -0.15) is 0 Å². The van der Waals surface area contributed by atoms with E-state index in [1.807, 2.05) is 0 Å². The fraction of sp³-hybridized carbons (Fsp3) is 0.692. The van der Waals surface area contributed by atoms with Gasteiger partial charge in [-0.25, -0.2) is 0 Å². The van der Waals surface area contributed by atoms with E-state index in [9.17, 15) is 4.79 Å². The number of carbonyl (C=O) groups is 1. The van der Waals surface area contributed by atoms with E-state index < -0.39 is 0 Å². The molecule has 6 nitrogen and oxygen atoms in total. The molecule has 0 aliphatic rings. The second-order valence-electron chi connectivity index (χ2n) is 5.03. The Hall–Kier alpha value is -1.11. The second kappa shape index (κ2) is 8.94. The Balaban J connectivity index is 0.00000361. The van der Waals surface area contributed by atoms with Crippen LogP contribution in [0.1, 0.15) is 36.5 Å². The van der Waals surface area contributed by atoms with E-state index in [1.165, 1.54) is 0 Å². The minimum atomic E-state index is -0.165. The summed E-state index contributed by atoms with van der Waals surface area (Å²) in [5, 5.41) is 3.74. The average molecular weight is 306 g/mol. The summed E-state index contributed by atoms with van der Waals surface area (Å²) in [4.78, 5) is 13.7. The lowest BCUT2D eigenvalue weighted by atomic mass is 10.0. The molecule has 116 valence electrons. The van der Waals surface area contributed by atoms with Crippen molar-refractivity contribution in [2.24, 2.45) is 11.7 Å². The quantitative estimate of drug-likeness (QED) is 0.829. The fourth-order valence-electron chi connectivity index (χ4n) is 1.60. The minimum absolute atomic E-state index is 0. The van der Waals surface area contributed by atoms with Crippen molar-refractivity contribution >= 4 is 18.3 Å². The van der Waals surface area contributed by atoms with Gasteiger partial charge in [0, 0.05) is 32.8 Å². The standard InChI is InChI=1S/C13H23N3O3.ClH/c1-9(2)11(14)5-6-16(3)13(17)12-7-10(8-18-4)19-15-12;/h7,9,11H,5-6,8,14H2,1-4H3;1H. The Morgan fingerprint density at radius 3 is 2.75 bits per heavy atom. The number of carbonyl (C=O) groups excluding carboxylic acids is 1. The van der Waals surface area contributed by atoms with Crippen molar-refractivity contribution in [1.29, 1.82) is 0 Å². The molecule has 1 aromatic heterocycles. The van der Waals surface area contributed by atoms with E-state index in [0.717, 1.165) is 6.42 Å². The number of rotatable bonds is 7. The van der Waals surface area contributed by atoms with Gasteiger partial charge in [-0.3, -0.25) is 4.79 Å². The van der Waals surface area contributed by atoms with Crippen molar-refractivity contribution in [2.75, 3.05) is 20.7 Å². The van der Waals surface area contributed by atoms with E-state index in [0.29, 0.717) is 30.5 Å². The number of halogens is 1. The fourth-order valence-corrected chi connectivity index (χ4v) is 1.60. The summed E-state index contributed by atoms with van der Waals surface area (Å²) in [6, 6.07) is 1.70. The zero-order valence-corrected chi connectivity index (χ0v) is 13.3. The van der Waals surface area contributed by atoms with Crippen LogP contribution in [0.5, 0.6) is 0 Å². The Morgan fingerprint density at radius 1 is 1.55 bits per heavy atom. The number of nitrogens with two attached hydrogens (primary N) is 1. The van der Waals surface area contributed by atoms with Crippen molar-refractivity contribution < 1.29 is 14.1 Å². The molecule has 1 heterocycles. The van der Waals surface area contributed by atoms with Crippen molar-refractivity contribution in [3.63, 3.8) is 0 Å². The van der Waals surface area contributed by atoms with Crippen LogP contribution < -0.4 is 5.73 Å². The van der Waals surface area contributed by atoms with Crippen molar-refractivity contribution in [2.45, 2.75) is 32.9 Å². The summed E-state index contributed by atoms with van der Waals surface area (Å²) < 4.78 is 9.90. The van der Waals surface area contributed by atoms with Crippen LogP contribution in [0.4, 0.5) is 0 Å².